The highest BCUT2D eigenvalue weighted by molar-refractivity contribution is 7.89. The van der Waals surface area contributed by atoms with E-state index in [-0.39, 0.29) is 11.1 Å². The third-order valence-corrected chi connectivity index (χ3v) is 5.72. The number of sulfonamides is 1. The van der Waals surface area contributed by atoms with Gasteiger partial charge in [0.25, 0.3) is 10.0 Å². The van der Waals surface area contributed by atoms with Crippen LogP contribution in [0.5, 0.6) is 0 Å². The first-order valence-electron chi connectivity index (χ1n) is 7.16. The van der Waals surface area contributed by atoms with Crippen molar-refractivity contribution in [1.82, 2.24) is 9.46 Å². The first kappa shape index (κ1) is 15.1. The first-order chi connectivity index (χ1) is 10.4. The van der Waals surface area contributed by atoms with Gasteiger partial charge in [-0.1, -0.05) is 24.2 Å². The van der Waals surface area contributed by atoms with Gasteiger partial charge in [-0.25, -0.2) is 8.42 Å². The van der Waals surface area contributed by atoms with Crippen molar-refractivity contribution in [1.29, 1.82) is 0 Å². The Labute approximate surface area is 129 Å². The second kappa shape index (κ2) is 5.40. The first-order valence-corrected chi connectivity index (χ1v) is 8.60. The van der Waals surface area contributed by atoms with Gasteiger partial charge in [-0.05, 0) is 32.4 Å². The summed E-state index contributed by atoms with van der Waals surface area (Å²) in [4.78, 5) is 0. The number of furan rings is 1. The van der Waals surface area contributed by atoms with Gasteiger partial charge in [-0.15, -0.1) is 0 Å². The van der Waals surface area contributed by atoms with Gasteiger partial charge in [0, 0.05) is 18.2 Å². The minimum atomic E-state index is -3.65. The molecule has 1 aliphatic heterocycles. The molecule has 0 bridgehead atoms. The van der Waals surface area contributed by atoms with Gasteiger partial charge in [0.2, 0.25) is 10.9 Å². The zero-order valence-electron chi connectivity index (χ0n) is 12.7. The number of aromatic nitrogens is 1. The summed E-state index contributed by atoms with van der Waals surface area (Å²) in [6.45, 7) is 6.01. The Bertz CT molecular complexity index is 816. The summed E-state index contributed by atoms with van der Waals surface area (Å²) in [5, 5.41) is 3.79. The largest absolute Gasteiger partial charge is 0.440 e. The van der Waals surface area contributed by atoms with Crippen molar-refractivity contribution >= 4 is 10.0 Å². The summed E-state index contributed by atoms with van der Waals surface area (Å²) in [7, 11) is -3.65. The zero-order chi connectivity index (χ0) is 15.9. The molecule has 6 nitrogen and oxygen atoms in total. The molecule has 1 aliphatic rings. The molecule has 0 fully saturated rings. The predicted molar refractivity (Wildman–Crippen MR) is 80.8 cm³/mol. The van der Waals surface area contributed by atoms with Gasteiger partial charge < -0.3 is 8.94 Å². The van der Waals surface area contributed by atoms with E-state index in [0.29, 0.717) is 18.1 Å². The maximum absolute atomic E-state index is 12.7. The fourth-order valence-electron chi connectivity index (χ4n) is 2.51. The van der Waals surface area contributed by atoms with Crippen LogP contribution in [-0.2, 0) is 10.0 Å². The van der Waals surface area contributed by atoms with E-state index >= 15 is 0 Å². The smallest absolute Gasteiger partial charge is 0.277 e. The molecule has 0 saturated carbocycles. The topological polar surface area (TPSA) is 76.6 Å². The van der Waals surface area contributed by atoms with Gasteiger partial charge in [0.05, 0.1) is 5.69 Å². The molecule has 0 amide bonds. The Morgan fingerprint density at radius 2 is 2.14 bits per heavy atom. The van der Waals surface area contributed by atoms with E-state index in [0.717, 1.165) is 17.7 Å². The molecular formula is C15H18N2O4S. The summed E-state index contributed by atoms with van der Waals surface area (Å²) < 4.78 is 37.6. The van der Waals surface area contributed by atoms with Gasteiger partial charge in [0.1, 0.15) is 0 Å². The van der Waals surface area contributed by atoms with Gasteiger partial charge >= 0.3 is 0 Å². The van der Waals surface area contributed by atoms with Crippen molar-refractivity contribution in [2.45, 2.75) is 38.3 Å². The average molecular weight is 322 g/mol. The highest BCUT2D eigenvalue weighted by atomic mass is 32.2. The minimum Gasteiger partial charge on any atom is -0.440 e. The fraction of sp³-hybridized carbons (Fsp3) is 0.400. The second-order valence-electron chi connectivity index (χ2n) is 5.32. The molecule has 0 N–H and O–H groups in total. The Morgan fingerprint density at radius 1 is 1.36 bits per heavy atom. The number of hydrogen-bond donors (Lipinski definition) is 0. The minimum absolute atomic E-state index is 0.0712. The van der Waals surface area contributed by atoms with Gasteiger partial charge in [0.15, 0.2) is 5.76 Å². The molecule has 1 atom stereocenters. The van der Waals surface area contributed by atoms with Crippen LogP contribution in [0.25, 0.3) is 11.5 Å². The monoisotopic (exact) mass is 322 g/mol. The average Bonchev–Trinajstić information content (AvgIpc) is 3.20. The summed E-state index contributed by atoms with van der Waals surface area (Å²) in [5.41, 5.74) is 1.60. The van der Waals surface area contributed by atoms with Crippen LogP contribution in [-0.4, -0.2) is 30.5 Å². The van der Waals surface area contributed by atoms with Crippen molar-refractivity contribution in [3.05, 3.63) is 35.5 Å². The van der Waals surface area contributed by atoms with Crippen LogP contribution in [0.4, 0.5) is 0 Å². The predicted octanol–water partition coefficient (Wildman–Crippen LogP) is 2.89. The van der Waals surface area contributed by atoms with Crippen molar-refractivity contribution in [2.75, 3.05) is 6.54 Å². The molecule has 0 saturated heterocycles. The fourth-order valence-corrected chi connectivity index (χ4v) is 4.04. The van der Waals surface area contributed by atoms with Crippen molar-refractivity contribution in [2.24, 2.45) is 0 Å². The molecule has 3 heterocycles. The molecule has 2 aromatic rings. The van der Waals surface area contributed by atoms with E-state index in [1.165, 1.54) is 10.4 Å². The molecule has 7 heteroatoms. The molecule has 0 aliphatic carbocycles. The standard InChI is InChI=1S/C15H18N2O4S/c1-4-12-6-5-9-17(12)22(18,19)14-8-7-13(20-14)15-10(2)11(3)16-21-15/h5-8,12H,4,9H2,1-3H3. The van der Waals surface area contributed by atoms with E-state index in [4.69, 9.17) is 8.94 Å². The molecule has 2 aromatic heterocycles. The third kappa shape index (κ3) is 2.30. The third-order valence-electron chi connectivity index (χ3n) is 3.96. The molecule has 0 radical (unpaired) electrons. The zero-order valence-corrected chi connectivity index (χ0v) is 13.6. The quantitative estimate of drug-likeness (QED) is 0.809. The van der Waals surface area contributed by atoms with Crippen LogP contribution in [0.15, 0.2) is 38.3 Å². The van der Waals surface area contributed by atoms with Crippen LogP contribution in [0.2, 0.25) is 0 Å². The SMILES string of the molecule is CCC1C=CCN1S(=O)(=O)c1ccc(-c2onc(C)c2C)o1. The lowest BCUT2D eigenvalue weighted by Gasteiger charge is -2.21. The lowest BCUT2D eigenvalue weighted by molar-refractivity contribution is 0.367. The molecular weight excluding hydrogens is 304 g/mol. The highest BCUT2D eigenvalue weighted by Crippen LogP contribution is 2.31. The molecule has 0 spiro atoms. The highest BCUT2D eigenvalue weighted by Gasteiger charge is 2.34. The summed E-state index contributed by atoms with van der Waals surface area (Å²) in [6, 6.07) is 2.95. The van der Waals surface area contributed by atoms with E-state index in [1.54, 1.807) is 6.07 Å². The molecule has 1 unspecified atom stereocenters. The second-order valence-corrected chi connectivity index (χ2v) is 7.14. The van der Waals surface area contributed by atoms with Crippen molar-refractivity contribution in [3.8, 4) is 11.5 Å². The Kier molecular flexibility index (Phi) is 3.70. The van der Waals surface area contributed by atoms with Crippen LogP contribution < -0.4 is 0 Å². The Morgan fingerprint density at radius 3 is 2.77 bits per heavy atom. The maximum atomic E-state index is 12.7. The Hall–Kier alpha value is -1.86. The number of aryl methyl sites for hydroxylation is 1. The summed E-state index contributed by atoms with van der Waals surface area (Å²) >= 11 is 0. The normalized spacial score (nSPS) is 19.1. The molecule has 0 aromatic carbocycles. The number of nitrogens with zero attached hydrogens (tertiary/aromatic N) is 2. The van der Waals surface area contributed by atoms with Gasteiger partial charge in [-0.3, -0.25) is 0 Å². The van der Waals surface area contributed by atoms with Gasteiger partial charge in [-0.2, -0.15) is 4.31 Å². The lowest BCUT2D eigenvalue weighted by Crippen LogP contribution is -2.35. The maximum Gasteiger partial charge on any atom is 0.277 e. The lowest BCUT2D eigenvalue weighted by atomic mass is 10.2. The molecule has 22 heavy (non-hydrogen) atoms. The van der Waals surface area contributed by atoms with Crippen LogP contribution >= 0.6 is 0 Å². The van der Waals surface area contributed by atoms with Crippen LogP contribution in [0.3, 0.4) is 0 Å². The van der Waals surface area contributed by atoms with Crippen LogP contribution in [0, 0.1) is 13.8 Å². The van der Waals surface area contributed by atoms with E-state index in [1.807, 2.05) is 32.9 Å². The Balaban J connectivity index is 1.95. The van der Waals surface area contributed by atoms with E-state index < -0.39 is 10.0 Å². The van der Waals surface area contributed by atoms with E-state index in [9.17, 15) is 8.42 Å². The number of hydrogen-bond acceptors (Lipinski definition) is 5. The molecule has 3 rings (SSSR count). The van der Waals surface area contributed by atoms with E-state index in [2.05, 4.69) is 5.16 Å². The van der Waals surface area contributed by atoms with Crippen molar-refractivity contribution in [3.63, 3.8) is 0 Å². The van der Waals surface area contributed by atoms with Crippen molar-refractivity contribution < 1.29 is 17.4 Å². The molecule has 118 valence electrons. The summed E-state index contributed by atoms with van der Waals surface area (Å²) in [6.07, 6.45) is 4.49. The number of rotatable bonds is 4. The van der Waals surface area contributed by atoms with Crippen LogP contribution in [0.1, 0.15) is 24.6 Å². The summed E-state index contributed by atoms with van der Waals surface area (Å²) in [5.74, 6) is 0.836.